The van der Waals surface area contributed by atoms with Crippen LogP contribution < -0.4 is 5.32 Å². The fourth-order valence-electron chi connectivity index (χ4n) is 13.2. The van der Waals surface area contributed by atoms with E-state index >= 15 is 0 Å². The lowest BCUT2D eigenvalue weighted by Crippen LogP contribution is -2.66. The molecule has 0 saturated carbocycles. The largest absolute Gasteiger partial charge is 0.394 e. The van der Waals surface area contributed by atoms with E-state index < -0.39 is 131 Å². The van der Waals surface area contributed by atoms with Crippen molar-refractivity contribution in [1.82, 2.24) is 5.32 Å². The van der Waals surface area contributed by atoms with Gasteiger partial charge < -0.3 is 89.9 Å². The number of aliphatic hydroxyl groups is 11. The Bertz CT molecular complexity index is 2450. The molecule has 3 aliphatic heterocycles. The van der Waals surface area contributed by atoms with Gasteiger partial charge >= 0.3 is 0 Å². The van der Waals surface area contributed by atoms with Gasteiger partial charge in [-0.15, -0.1) is 0 Å². The third-order valence-corrected chi connectivity index (χ3v) is 19.9. The molecule has 19 nitrogen and oxygen atoms in total. The molecule has 0 bridgehead atoms. The van der Waals surface area contributed by atoms with Crippen LogP contribution in [0.1, 0.15) is 284 Å². The molecule has 19 heteroatoms. The average molecular weight is 1510 g/mol. The second-order valence-electron chi connectivity index (χ2n) is 29.2. The molecule has 3 aliphatic rings. The van der Waals surface area contributed by atoms with Crippen molar-refractivity contribution in [2.45, 2.75) is 388 Å². The summed E-state index contributed by atoms with van der Waals surface area (Å²) in [6.07, 6.45) is 68.8. The number of carbonyl (C=O) groups excluding carboxylic acids is 1. The summed E-state index contributed by atoms with van der Waals surface area (Å²) >= 11 is 0. The van der Waals surface area contributed by atoms with Crippen molar-refractivity contribution in [2.24, 2.45) is 0 Å². The first-order valence-electron chi connectivity index (χ1n) is 41.9. The lowest BCUT2D eigenvalue weighted by Gasteiger charge is -2.48. The van der Waals surface area contributed by atoms with Gasteiger partial charge in [0.1, 0.15) is 73.2 Å². The number of carbonyl (C=O) groups is 1. The molecule has 3 fully saturated rings. The Kier molecular flexibility index (Phi) is 60.4. The van der Waals surface area contributed by atoms with Crippen LogP contribution in [0.25, 0.3) is 0 Å². The Balaban J connectivity index is 1.40. The molecule has 1 amide bonds. The van der Waals surface area contributed by atoms with Gasteiger partial charge in [-0.1, -0.05) is 302 Å². The van der Waals surface area contributed by atoms with E-state index in [0.717, 1.165) is 103 Å². The predicted molar refractivity (Wildman–Crippen MR) is 429 cm³/mol. The molecule has 3 heterocycles. The van der Waals surface area contributed by atoms with Crippen molar-refractivity contribution in [3.05, 3.63) is 134 Å². The number of unbranched alkanes of at least 4 members (excludes halogenated alkanes) is 29. The molecule has 0 aromatic carbocycles. The maximum atomic E-state index is 13.5. The van der Waals surface area contributed by atoms with Crippen LogP contribution in [-0.4, -0.2) is 193 Å². The summed E-state index contributed by atoms with van der Waals surface area (Å²) in [5.41, 5.74) is 0. The first-order chi connectivity index (χ1) is 52.3. The number of aliphatic hydroxyl groups excluding tert-OH is 11. The molecule has 17 atom stereocenters. The van der Waals surface area contributed by atoms with E-state index in [0.29, 0.717) is 12.8 Å². The van der Waals surface area contributed by atoms with Crippen molar-refractivity contribution in [2.75, 3.05) is 26.4 Å². The second-order valence-corrected chi connectivity index (χ2v) is 29.2. The monoisotopic (exact) mass is 1510 g/mol. The van der Waals surface area contributed by atoms with Crippen molar-refractivity contribution in [3.63, 3.8) is 0 Å². The van der Waals surface area contributed by atoms with Gasteiger partial charge in [-0.05, 0) is 109 Å². The maximum Gasteiger partial charge on any atom is 0.220 e. The van der Waals surface area contributed by atoms with E-state index in [2.05, 4.69) is 141 Å². The quantitative estimate of drug-likeness (QED) is 0.0199. The first-order valence-corrected chi connectivity index (χ1v) is 41.9. The molecule has 0 aromatic rings. The Morgan fingerprint density at radius 1 is 0.346 bits per heavy atom. The molecule has 0 aliphatic carbocycles. The number of ether oxygens (including phenoxy) is 6. The van der Waals surface area contributed by atoms with E-state index in [1.807, 2.05) is 6.08 Å². The van der Waals surface area contributed by atoms with Gasteiger partial charge in [-0.2, -0.15) is 0 Å². The molecule has 17 unspecified atom stereocenters. The van der Waals surface area contributed by atoms with Gasteiger partial charge in [0.15, 0.2) is 18.9 Å². The molecule has 0 spiro atoms. The molecule has 3 rings (SSSR count). The molecule has 0 aromatic heterocycles. The van der Waals surface area contributed by atoms with Crippen molar-refractivity contribution in [1.29, 1.82) is 0 Å². The number of rotatable bonds is 65. The Hall–Kier alpha value is -4.07. The van der Waals surface area contributed by atoms with Crippen LogP contribution >= 0.6 is 0 Å². The van der Waals surface area contributed by atoms with Crippen LogP contribution in [0, 0.1) is 0 Å². The van der Waals surface area contributed by atoms with Crippen LogP contribution in [0.5, 0.6) is 0 Å². The van der Waals surface area contributed by atoms with Crippen molar-refractivity contribution < 1.29 is 89.4 Å². The van der Waals surface area contributed by atoms with E-state index in [1.54, 1.807) is 6.08 Å². The Labute approximate surface area is 645 Å². The molecule has 107 heavy (non-hydrogen) atoms. The number of amides is 1. The standard InChI is InChI=1S/C88H149NO18/c1-3-5-7-9-11-13-15-17-19-21-23-25-27-29-31-33-34-35-36-38-39-41-43-45-47-49-51-53-55-57-59-61-63-65-72(93)71(89-76(94)66-64-62-60-58-56-54-52-50-48-46-44-42-40-37-32-30-28-26-24-22-20-18-16-14-12-10-8-6-4-2)70-102-86-82(100)79(97)84(74(68-91)104-86)107-88-83(101)80(98)85(75(69-92)105-88)106-87-81(99)78(96)77(95)73(67-90)103-87/h6,8,12,14,18,20,24,26,30,32,40,42,46-49,52,54-55,57,63,65,71-75,77-88,90-93,95-101H,3-5,7,9-11,13,15-17,19,21-23,25,27-29,31,33-39,41,43-45,50-51,53,56,58-62,64,66-70H2,1-2H3,(H,89,94)/b8-6-,14-12-,20-18-,26-24-,32-30-,42-40-,48-46-,49-47+,54-52-,57-55+,65-63+. The maximum absolute atomic E-state index is 13.5. The van der Waals surface area contributed by atoms with Gasteiger partial charge in [0.05, 0.1) is 38.6 Å². The first kappa shape index (κ1) is 97.1. The van der Waals surface area contributed by atoms with Gasteiger partial charge in [0, 0.05) is 6.42 Å². The second kappa shape index (κ2) is 66.5. The van der Waals surface area contributed by atoms with Gasteiger partial charge in [-0.3, -0.25) is 4.79 Å². The third-order valence-electron chi connectivity index (χ3n) is 19.9. The van der Waals surface area contributed by atoms with Crippen molar-refractivity contribution >= 4 is 5.91 Å². The number of hydrogen-bond acceptors (Lipinski definition) is 18. The summed E-state index contributed by atoms with van der Waals surface area (Å²) in [5, 5.41) is 121. The molecule has 3 saturated heterocycles. The van der Waals surface area contributed by atoms with E-state index in [1.165, 1.54) is 148 Å². The smallest absolute Gasteiger partial charge is 0.220 e. The zero-order valence-corrected chi connectivity index (χ0v) is 65.8. The number of allylic oxidation sites excluding steroid dienone is 21. The van der Waals surface area contributed by atoms with E-state index in [4.69, 9.17) is 28.4 Å². The Morgan fingerprint density at radius 2 is 0.654 bits per heavy atom. The zero-order valence-electron chi connectivity index (χ0n) is 65.8. The molecule has 614 valence electrons. The van der Waals surface area contributed by atoms with E-state index in [-0.39, 0.29) is 12.3 Å². The predicted octanol–water partition coefficient (Wildman–Crippen LogP) is 14.8. The summed E-state index contributed by atoms with van der Waals surface area (Å²) < 4.78 is 34.4. The highest BCUT2D eigenvalue weighted by Crippen LogP contribution is 2.33. The van der Waals surface area contributed by atoms with Crippen LogP contribution in [0.3, 0.4) is 0 Å². The highest BCUT2D eigenvalue weighted by molar-refractivity contribution is 5.76. The van der Waals surface area contributed by atoms with Gasteiger partial charge in [0.25, 0.3) is 0 Å². The summed E-state index contributed by atoms with van der Waals surface area (Å²) in [5.74, 6) is -0.318. The number of hydrogen-bond donors (Lipinski definition) is 12. The molecular formula is C88H149NO18. The minimum atomic E-state index is -1.99. The Morgan fingerprint density at radius 3 is 1.05 bits per heavy atom. The lowest BCUT2D eigenvalue weighted by atomic mass is 9.96. The summed E-state index contributed by atoms with van der Waals surface area (Å²) in [6.45, 7) is 1.59. The highest BCUT2D eigenvalue weighted by atomic mass is 16.8. The molecular weight excluding hydrogens is 1360 g/mol. The fourth-order valence-corrected chi connectivity index (χ4v) is 13.2. The zero-order chi connectivity index (χ0) is 77.4. The van der Waals surface area contributed by atoms with Crippen LogP contribution in [0.4, 0.5) is 0 Å². The summed E-state index contributed by atoms with van der Waals surface area (Å²) in [6, 6.07) is -1.02. The lowest BCUT2D eigenvalue weighted by molar-refractivity contribution is -0.379. The normalized spacial score (nSPS) is 26.2. The van der Waals surface area contributed by atoms with Gasteiger partial charge in [-0.25, -0.2) is 0 Å². The topological polar surface area (TPSA) is 307 Å². The minimum absolute atomic E-state index is 0.193. The minimum Gasteiger partial charge on any atom is -0.394 e. The van der Waals surface area contributed by atoms with Crippen LogP contribution in [0.2, 0.25) is 0 Å². The third kappa shape index (κ3) is 45.9. The highest BCUT2D eigenvalue weighted by Gasteiger charge is 2.54. The molecule has 12 N–H and O–H groups in total. The summed E-state index contributed by atoms with van der Waals surface area (Å²) in [7, 11) is 0. The van der Waals surface area contributed by atoms with Crippen LogP contribution in [0.15, 0.2) is 134 Å². The summed E-state index contributed by atoms with van der Waals surface area (Å²) in [4.78, 5) is 13.5. The van der Waals surface area contributed by atoms with Crippen molar-refractivity contribution in [3.8, 4) is 0 Å². The molecule has 0 radical (unpaired) electrons. The van der Waals surface area contributed by atoms with E-state index in [9.17, 15) is 61.0 Å². The fraction of sp³-hybridized carbons (Fsp3) is 0.739. The van der Waals surface area contributed by atoms with Gasteiger partial charge in [0.2, 0.25) is 5.91 Å². The number of nitrogens with one attached hydrogen (secondary N) is 1. The SMILES string of the molecule is CC/C=C\C/C=C\C/C=C\C/C=C\C/C=C\C/C=C\C/C=C\C/C=C\CCCCCCC(=O)NC(COC1OC(CO)C(OC2OC(CO)C(OC3OC(CO)C(O)C(O)C3O)C(O)C2O)C(O)C1O)C(O)/C=C/CC/C=C/CC/C=C/CCCCCCCCCCCCCCCCCCCCCCCCC. The van der Waals surface area contributed by atoms with Crippen LogP contribution in [-0.2, 0) is 33.2 Å². The average Bonchev–Trinajstić information content (AvgIpc) is 0.781.